The molecule has 0 aliphatic carbocycles. The highest BCUT2D eigenvalue weighted by atomic mass is 35.5. The van der Waals surface area contributed by atoms with Gasteiger partial charge >= 0.3 is 0 Å². The van der Waals surface area contributed by atoms with Crippen LogP contribution in [0, 0.1) is 0 Å². The van der Waals surface area contributed by atoms with Crippen LogP contribution >= 0.6 is 12.4 Å². The summed E-state index contributed by atoms with van der Waals surface area (Å²) in [6.07, 6.45) is 2.67. The van der Waals surface area contributed by atoms with Crippen molar-refractivity contribution in [3.8, 4) is 5.75 Å². The Labute approximate surface area is 153 Å². The number of para-hydroxylation sites is 1. The minimum atomic E-state index is -0.287. The van der Waals surface area contributed by atoms with Gasteiger partial charge in [-0.1, -0.05) is 42.5 Å². The van der Waals surface area contributed by atoms with Crippen molar-refractivity contribution >= 4 is 12.4 Å². The second-order valence-corrected chi connectivity index (χ2v) is 6.76. The van der Waals surface area contributed by atoms with Crippen LogP contribution in [0.25, 0.3) is 0 Å². The maximum Gasteiger partial charge on any atom is 0.151 e. The zero-order valence-corrected chi connectivity index (χ0v) is 14.7. The summed E-state index contributed by atoms with van der Waals surface area (Å²) < 4.78 is 12.1. The predicted molar refractivity (Wildman–Crippen MR) is 99.0 cm³/mol. The molecule has 0 saturated heterocycles. The largest absolute Gasteiger partial charge is 0.481 e. The molecule has 3 aromatic rings. The summed E-state index contributed by atoms with van der Waals surface area (Å²) in [5, 5.41) is 0. The van der Waals surface area contributed by atoms with E-state index in [-0.39, 0.29) is 18.0 Å². The monoisotopic (exact) mass is 353 g/mol. The van der Waals surface area contributed by atoms with E-state index in [1.54, 1.807) is 6.26 Å². The van der Waals surface area contributed by atoms with E-state index in [4.69, 9.17) is 9.15 Å². The molecular weight excluding hydrogens is 334 g/mol. The summed E-state index contributed by atoms with van der Waals surface area (Å²) in [6.45, 7) is 2.61. The van der Waals surface area contributed by atoms with Crippen LogP contribution in [0.15, 0.2) is 71.3 Å². The summed E-state index contributed by atoms with van der Waals surface area (Å²) in [7, 11) is 0. The van der Waals surface area contributed by atoms with Crippen molar-refractivity contribution in [1.82, 2.24) is 4.90 Å². The van der Waals surface area contributed by atoms with Crippen LogP contribution in [-0.4, -0.2) is 11.4 Å². The summed E-state index contributed by atoms with van der Waals surface area (Å²) in [5.41, 5.74) is 3.69. The van der Waals surface area contributed by atoms with Crippen LogP contribution in [-0.2, 0) is 25.1 Å². The van der Waals surface area contributed by atoms with Crippen molar-refractivity contribution in [3.05, 3.63) is 89.4 Å². The molecule has 1 unspecified atom stereocenters. The Balaban J connectivity index is 0.00000157. The van der Waals surface area contributed by atoms with Crippen LogP contribution in [0.5, 0.6) is 5.75 Å². The van der Waals surface area contributed by atoms with Crippen molar-refractivity contribution < 1.29 is 9.15 Å². The Morgan fingerprint density at radius 2 is 1.72 bits per heavy atom. The van der Waals surface area contributed by atoms with Crippen LogP contribution in [0.3, 0.4) is 0 Å². The lowest BCUT2D eigenvalue weighted by atomic mass is 9.82. The van der Waals surface area contributed by atoms with Gasteiger partial charge < -0.3 is 9.15 Å². The number of nitrogens with zero attached hydrogens (tertiary/aromatic N) is 1. The third-order valence-corrected chi connectivity index (χ3v) is 5.09. The molecule has 1 atom stereocenters. The molecule has 3 heterocycles. The van der Waals surface area contributed by atoms with Crippen molar-refractivity contribution in [3.63, 3.8) is 0 Å². The fourth-order valence-corrected chi connectivity index (χ4v) is 4.12. The first kappa shape index (κ1) is 16.2. The fourth-order valence-electron chi connectivity index (χ4n) is 4.12. The molecule has 0 N–H and O–H groups in total. The van der Waals surface area contributed by atoms with Crippen molar-refractivity contribution in [1.29, 1.82) is 0 Å². The average molecular weight is 354 g/mol. The molecule has 0 saturated carbocycles. The van der Waals surface area contributed by atoms with Gasteiger partial charge in [0.15, 0.2) is 5.60 Å². The summed E-state index contributed by atoms with van der Waals surface area (Å²) in [6, 6.07) is 21.1. The van der Waals surface area contributed by atoms with E-state index < -0.39 is 0 Å². The fraction of sp³-hybridized carbons (Fsp3) is 0.238. The summed E-state index contributed by atoms with van der Waals surface area (Å²) in [5.74, 6) is 2.02. The quantitative estimate of drug-likeness (QED) is 0.676. The Hall–Kier alpha value is -2.23. The van der Waals surface area contributed by atoms with Gasteiger partial charge in [0.2, 0.25) is 0 Å². The number of hydrogen-bond acceptors (Lipinski definition) is 3. The van der Waals surface area contributed by atoms with Crippen LogP contribution in [0.2, 0.25) is 0 Å². The number of benzene rings is 2. The first-order valence-electron chi connectivity index (χ1n) is 8.42. The molecule has 0 amide bonds. The smallest absolute Gasteiger partial charge is 0.151 e. The lowest BCUT2D eigenvalue weighted by molar-refractivity contribution is 0.0200. The summed E-state index contributed by atoms with van der Waals surface area (Å²) >= 11 is 0. The number of fused-ring (bicyclic) bond motifs is 3. The Bertz CT molecular complexity index is 850. The molecular formula is C21H20ClNO2. The molecule has 2 aromatic carbocycles. The van der Waals surface area contributed by atoms with Gasteiger partial charge in [-0.2, -0.15) is 0 Å². The highest BCUT2D eigenvalue weighted by Crippen LogP contribution is 2.45. The Kier molecular flexibility index (Phi) is 4.06. The molecule has 1 spiro atoms. The lowest BCUT2D eigenvalue weighted by Crippen LogP contribution is -2.48. The van der Waals surface area contributed by atoms with Gasteiger partial charge in [0.1, 0.15) is 11.5 Å². The predicted octanol–water partition coefficient (Wildman–Crippen LogP) is 4.55. The standard InChI is InChI=1S/C21H19NO2.ClH/c1-3-9-19-17(7-1)13-22(14-18-8-5-11-23-18)15-21(19)12-16-6-2-4-10-20(16)24-21;/h1-11H,12-15H2;1H. The number of rotatable bonds is 2. The SMILES string of the molecule is Cl.c1coc(CN2Cc3ccccc3C3(Cc4ccccc4O3)C2)c1. The number of hydrogen-bond donors (Lipinski definition) is 0. The highest BCUT2D eigenvalue weighted by molar-refractivity contribution is 5.85. The third kappa shape index (κ3) is 2.74. The first-order valence-corrected chi connectivity index (χ1v) is 8.42. The van der Waals surface area contributed by atoms with Crippen LogP contribution in [0.1, 0.15) is 22.5 Å². The number of halogens is 1. The van der Waals surface area contributed by atoms with E-state index in [1.165, 1.54) is 16.7 Å². The topological polar surface area (TPSA) is 25.6 Å². The molecule has 1 aromatic heterocycles. The van der Waals surface area contributed by atoms with Gasteiger partial charge in [-0.3, -0.25) is 4.90 Å². The molecule has 0 radical (unpaired) electrons. The summed E-state index contributed by atoms with van der Waals surface area (Å²) in [4.78, 5) is 2.42. The molecule has 2 aliphatic heterocycles. The molecule has 0 bridgehead atoms. The molecule has 25 heavy (non-hydrogen) atoms. The minimum absolute atomic E-state index is 0. The zero-order chi connectivity index (χ0) is 16.0. The second-order valence-electron chi connectivity index (χ2n) is 6.76. The van der Waals surface area contributed by atoms with Gasteiger partial charge in [0.25, 0.3) is 0 Å². The number of furan rings is 1. The third-order valence-electron chi connectivity index (χ3n) is 5.09. The zero-order valence-electron chi connectivity index (χ0n) is 13.9. The molecule has 3 nitrogen and oxygen atoms in total. The van der Waals surface area contributed by atoms with Gasteiger partial charge in [-0.25, -0.2) is 0 Å². The molecule has 0 fully saturated rings. The van der Waals surface area contributed by atoms with Crippen LogP contribution < -0.4 is 4.74 Å². The van der Waals surface area contributed by atoms with Crippen molar-refractivity contribution in [2.75, 3.05) is 6.54 Å². The maximum atomic E-state index is 6.54. The Morgan fingerprint density at radius 3 is 2.52 bits per heavy atom. The lowest BCUT2D eigenvalue weighted by Gasteiger charge is -2.41. The van der Waals surface area contributed by atoms with E-state index in [0.29, 0.717) is 0 Å². The normalized spacial score (nSPS) is 21.3. The molecule has 2 aliphatic rings. The van der Waals surface area contributed by atoms with E-state index in [2.05, 4.69) is 47.4 Å². The molecule has 5 rings (SSSR count). The van der Waals surface area contributed by atoms with Crippen molar-refractivity contribution in [2.45, 2.75) is 25.1 Å². The van der Waals surface area contributed by atoms with Gasteiger partial charge in [-0.15, -0.1) is 12.4 Å². The van der Waals surface area contributed by atoms with E-state index in [1.807, 2.05) is 18.2 Å². The van der Waals surface area contributed by atoms with E-state index in [0.717, 1.165) is 37.6 Å². The second kappa shape index (κ2) is 6.25. The first-order chi connectivity index (χ1) is 11.8. The average Bonchev–Trinajstić information content (AvgIpc) is 3.22. The highest BCUT2D eigenvalue weighted by Gasteiger charge is 2.46. The molecule has 128 valence electrons. The van der Waals surface area contributed by atoms with Crippen LogP contribution in [0.4, 0.5) is 0 Å². The molecule has 4 heteroatoms. The van der Waals surface area contributed by atoms with Crippen molar-refractivity contribution in [2.24, 2.45) is 0 Å². The van der Waals surface area contributed by atoms with Gasteiger partial charge in [0, 0.05) is 25.1 Å². The van der Waals surface area contributed by atoms with Gasteiger partial charge in [-0.05, 0) is 29.3 Å². The Morgan fingerprint density at radius 1 is 0.920 bits per heavy atom. The maximum absolute atomic E-state index is 6.54. The van der Waals surface area contributed by atoms with E-state index in [9.17, 15) is 0 Å². The number of ether oxygens (including phenoxy) is 1. The van der Waals surface area contributed by atoms with E-state index >= 15 is 0 Å². The minimum Gasteiger partial charge on any atom is -0.481 e. The van der Waals surface area contributed by atoms with Gasteiger partial charge in [0.05, 0.1) is 12.8 Å².